The lowest BCUT2D eigenvalue weighted by Crippen LogP contribution is -2.34. The Morgan fingerprint density at radius 2 is 1.94 bits per heavy atom. The molecule has 0 unspecified atom stereocenters. The second-order valence-electron chi connectivity index (χ2n) is 4.66. The van der Waals surface area contributed by atoms with E-state index in [0.717, 1.165) is 18.4 Å². The Kier molecular flexibility index (Phi) is 6.22. The van der Waals surface area contributed by atoms with Crippen LogP contribution >= 0.6 is 0 Å². The van der Waals surface area contributed by atoms with E-state index >= 15 is 0 Å². The summed E-state index contributed by atoms with van der Waals surface area (Å²) in [5.74, 6) is 0. The smallest absolute Gasteiger partial charge is 0.407 e. The van der Waals surface area contributed by atoms with Gasteiger partial charge in [-0.1, -0.05) is 30.3 Å². The van der Waals surface area contributed by atoms with Gasteiger partial charge in [-0.15, -0.1) is 0 Å². The van der Waals surface area contributed by atoms with E-state index in [2.05, 4.69) is 5.32 Å². The molecule has 1 aromatic carbocycles. The Bertz CT molecular complexity index is 352. The first-order chi connectivity index (χ1) is 8.58. The van der Waals surface area contributed by atoms with Crippen molar-refractivity contribution < 1.29 is 9.53 Å². The molecule has 1 rings (SSSR count). The molecule has 1 amide bonds. The highest BCUT2D eigenvalue weighted by Gasteiger charge is 2.09. The summed E-state index contributed by atoms with van der Waals surface area (Å²) >= 11 is 0. The number of hydrogen-bond acceptors (Lipinski definition) is 3. The summed E-state index contributed by atoms with van der Waals surface area (Å²) in [5.41, 5.74) is 6.64. The van der Waals surface area contributed by atoms with E-state index < -0.39 is 0 Å². The van der Waals surface area contributed by atoms with Gasteiger partial charge in [-0.3, -0.25) is 0 Å². The molecular formula is C14H22N2O2. The second kappa shape index (κ2) is 7.71. The number of carbonyl (C=O) groups excluding carboxylic acids is 1. The molecule has 0 heterocycles. The number of nitrogens with two attached hydrogens (primary N) is 1. The van der Waals surface area contributed by atoms with Crippen molar-refractivity contribution in [2.75, 3.05) is 0 Å². The molecule has 0 fully saturated rings. The van der Waals surface area contributed by atoms with Crippen LogP contribution in [0.2, 0.25) is 0 Å². The maximum Gasteiger partial charge on any atom is 0.407 e. The topological polar surface area (TPSA) is 64.3 Å². The van der Waals surface area contributed by atoms with Crippen LogP contribution < -0.4 is 11.1 Å². The van der Waals surface area contributed by atoms with Gasteiger partial charge in [0.2, 0.25) is 0 Å². The van der Waals surface area contributed by atoms with Gasteiger partial charge < -0.3 is 15.8 Å². The van der Waals surface area contributed by atoms with Crippen LogP contribution in [-0.2, 0) is 11.3 Å². The second-order valence-corrected chi connectivity index (χ2v) is 4.66. The minimum Gasteiger partial charge on any atom is -0.445 e. The normalized spacial score (nSPS) is 13.7. The van der Waals surface area contributed by atoms with Crippen LogP contribution in [0, 0.1) is 0 Å². The van der Waals surface area contributed by atoms with Crippen molar-refractivity contribution in [3.8, 4) is 0 Å². The SMILES string of the molecule is C[C@H](N)CC[C@@H](C)NC(=O)OCc1ccccc1. The van der Waals surface area contributed by atoms with E-state index in [1.807, 2.05) is 44.2 Å². The molecule has 0 aliphatic carbocycles. The summed E-state index contributed by atoms with van der Waals surface area (Å²) in [7, 11) is 0. The van der Waals surface area contributed by atoms with Gasteiger partial charge in [0.1, 0.15) is 6.61 Å². The lowest BCUT2D eigenvalue weighted by molar-refractivity contribution is 0.135. The van der Waals surface area contributed by atoms with Crippen molar-refractivity contribution in [1.82, 2.24) is 5.32 Å². The fraction of sp³-hybridized carbons (Fsp3) is 0.500. The number of amides is 1. The zero-order chi connectivity index (χ0) is 13.4. The Labute approximate surface area is 109 Å². The van der Waals surface area contributed by atoms with E-state index in [-0.39, 0.29) is 18.2 Å². The molecule has 2 atom stereocenters. The van der Waals surface area contributed by atoms with Crippen molar-refractivity contribution >= 4 is 6.09 Å². The monoisotopic (exact) mass is 250 g/mol. The number of carbonyl (C=O) groups is 1. The molecule has 3 N–H and O–H groups in total. The highest BCUT2D eigenvalue weighted by Crippen LogP contribution is 2.02. The first-order valence-corrected chi connectivity index (χ1v) is 6.30. The molecular weight excluding hydrogens is 228 g/mol. The summed E-state index contributed by atoms with van der Waals surface area (Å²) < 4.78 is 5.12. The molecule has 100 valence electrons. The van der Waals surface area contributed by atoms with E-state index in [0.29, 0.717) is 6.61 Å². The van der Waals surface area contributed by atoms with Crippen LogP contribution in [0.4, 0.5) is 4.79 Å². The molecule has 4 heteroatoms. The van der Waals surface area contributed by atoms with Crippen molar-refractivity contribution in [3.05, 3.63) is 35.9 Å². The third kappa shape index (κ3) is 6.25. The van der Waals surface area contributed by atoms with Gasteiger partial charge in [0.25, 0.3) is 0 Å². The zero-order valence-corrected chi connectivity index (χ0v) is 11.1. The Morgan fingerprint density at radius 3 is 2.56 bits per heavy atom. The van der Waals surface area contributed by atoms with Crippen LogP contribution in [-0.4, -0.2) is 18.2 Å². The molecule has 0 aliphatic heterocycles. The average Bonchev–Trinajstić information content (AvgIpc) is 2.35. The number of ether oxygens (including phenoxy) is 1. The molecule has 0 bridgehead atoms. The molecule has 0 radical (unpaired) electrons. The molecule has 0 saturated carbocycles. The summed E-state index contributed by atoms with van der Waals surface area (Å²) in [5, 5.41) is 2.79. The summed E-state index contributed by atoms with van der Waals surface area (Å²) in [6, 6.07) is 9.86. The lowest BCUT2D eigenvalue weighted by Gasteiger charge is -2.15. The van der Waals surface area contributed by atoms with Gasteiger partial charge in [-0.2, -0.15) is 0 Å². The lowest BCUT2D eigenvalue weighted by atomic mass is 10.1. The van der Waals surface area contributed by atoms with Gasteiger partial charge in [0, 0.05) is 12.1 Å². The Morgan fingerprint density at radius 1 is 1.28 bits per heavy atom. The number of benzene rings is 1. The van der Waals surface area contributed by atoms with Crippen LogP contribution in [0.15, 0.2) is 30.3 Å². The Hall–Kier alpha value is -1.55. The predicted octanol–water partition coefficient (Wildman–Crippen LogP) is 2.43. The van der Waals surface area contributed by atoms with Crippen LogP contribution in [0.1, 0.15) is 32.3 Å². The van der Waals surface area contributed by atoms with Crippen molar-refractivity contribution in [3.63, 3.8) is 0 Å². The van der Waals surface area contributed by atoms with Crippen LogP contribution in [0.3, 0.4) is 0 Å². The first kappa shape index (κ1) is 14.5. The summed E-state index contributed by atoms with van der Waals surface area (Å²) in [6.07, 6.45) is 1.37. The maximum atomic E-state index is 11.5. The summed E-state index contributed by atoms with van der Waals surface area (Å²) in [4.78, 5) is 11.5. The minimum absolute atomic E-state index is 0.0827. The third-order valence-electron chi connectivity index (χ3n) is 2.63. The van der Waals surface area contributed by atoms with E-state index in [9.17, 15) is 4.79 Å². The number of rotatable bonds is 6. The maximum absolute atomic E-state index is 11.5. The molecule has 4 nitrogen and oxygen atoms in total. The van der Waals surface area contributed by atoms with Gasteiger partial charge in [0.15, 0.2) is 0 Å². The number of alkyl carbamates (subject to hydrolysis) is 1. The van der Waals surface area contributed by atoms with E-state index in [4.69, 9.17) is 10.5 Å². The average molecular weight is 250 g/mol. The van der Waals surface area contributed by atoms with Crippen LogP contribution in [0.25, 0.3) is 0 Å². The van der Waals surface area contributed by atoms with Crippen molar-refractivity contribution in [1.29, 1.82) is 0 Å². The molecule has 0 saturated heterocycles. The van der Waals surface area contributed by atoms with E-state index in [1.165, 1.54) is 0 Å². The Balaban J connectivity index is 2.21. The number of hydrogen-bond donors (Lipinski definition) is 2. The quantitative estimate of drug-likeness (QED) is 0.815. The van der Waals surface area contributed by atoms with Crippen molar-refractivity contribution in [2.45, 2.75) is 45.4 Å². The molecule has 0 aromatic heterocycles. The third-order valence-corrected chi connectivity index (χ3v) is 2.63. The van der Waals surface area contributed by atoms with Crippen molar-refractivity contribution in [2.24, 2.45) is 5.73 Å². The zero-order valence-electron chi connectivity index (χ0n) is 11.1. The molecule has 0 aliphatic rings. The molecule has 18 heavy (non-hydrogen) atoms. The molecule has 0 spiro atoms. The highest BCUT2D eigenvalue weighted by molar-refractivity contribution is 5.67. The van der Waals surface area contributed by atoms with Gasteiger partial charge in [-0.25, -0.2) is 4.79 Å². The first-order valence-electron chi connectivity index (χ1n) is 6.30. The van der Waals surface area contributed by atoms with Gasteiger partial charge in [-0.05, 0) is 32.3 Å². The van der Waals surface area contributed by atoms with E-state index in [1.54, 1.807) is 0 Å². The molecule has 1 aromatic rings. The largest absolute Gasteiger partial charge is 0.445 e. The van der Waals surface area contributed by atoms with Crippen LogP contribution in [0.5, 0.6) is 0 Å². The fourth-order valence-corrected chi connectivity index (χ4v) is 1.55. The number of nitrogens with one attached hydrogen (secondary N) is 1. The fourth-order valence-electron chi connectivity index (χ4n) is 1.55. The standard InChI is InChI=1S/C14H22N2O2/c1-11(15)8-9-12(2)16-14(17)18-10-13-6-4-3-5-7-13/h3-7,11-12H,8-10,15H2,1-2H3,(H,16,17)/t11-,12+/m0/s1. The van der Waals surface area contributed by atoms with Gasteiger partial charge >= 0.3 is 6.09 Å². The summed E-state index contributed by atoms with van der Waals surface area (Å²) in [6.45, 7) is 4.21. The highest BCUT2D eigenvalue weighted by atomic mass is 16.5. The predicted molar refractivity (Wildman–Crippen MR) is 72.1 cm³/mol. The van der Waals surface area contributed by atoms with Gasteiger partial charge in [0.05, 0.1) is 0 Å². The minimum atomic E-state index is -0.379.